The van der Waals surface area contributed by atoms with Gasteiger partial charge in [-0.2, -0.15) is 18.3 Å². The Balaban J connectivity index is 2.07. The summed E-state index contributed by atoms with van der Waals surface area (Å²) >= 11 is 0. The molecule has 1 unspecified atom stereocenters. The quantitative estimate of drug-likeness (QED) is 0.756. The summed E-state index contributed by atoms with van der Waals surface area (Å²) in [5.41, 5.74) is -3.92. The maximum absolute atomic E-state index is 13.2. The van der Waals surface area contributed by atoms with E-state index in [4.69, 9.17) is 4.42 Å². The van der Waals surface area contributed by atoms with E-state index in [1.165, 1.54) is 13.0 Å². The Kier molecular flexibility index (Phi) is 4.78. The van der Waals surface area contributed by atoms with E-state index in [0.717, 1.165) is 18.2 Å². The van der Waals surface area contributed by atoms with Gasteiger partial charge in [0.15, 0.2) is 0 Å². The molecule has 2 aromatic heterocycles. The second-order valence-electron chi connectivity index (χ2n) is 5.08. The second-order valence-corrected chi connectivity index (χ2v) is 5.08. The summed E-state index contributed by atoms with van der Waals surface area (Å²) in [6, 6.07) is 4.52. The summed E-state index contributed by atoms with van der Waals surface area (Å²) in [4.78, 5) is 22.6. The number of rotatable bonds is 5. The number of aliphatic hydroxyl groups is 1. The van der Waals surface area contributed by atoms with E-state index < -0.39 is 42.0 Å². The molecular formula is C14H14F3N3O4. The molecule has 0 saturated carbocycles. The van der Waals surface area contributed by atoms with Crippen molar-refractivity contribution in [2.75, 3.05) is 6.54 Å². The van der Waals surface area contributed by atoms with Crippen LogP contribution in [-0.2, 0) is 5.60 Å². The van der Waals surface area contributed by atoms with Crippen molar-refractivity contribution in [3.8, 4) is 0 Å². The normalized spacial score (nSPS) is 14.2. The van der Waals surface area contributed by atoms with Gasteiger partial charge in [-0.05, 0) is 25.1 Å². The molecule has 0 aromatic carbocycles. The minimum atomic E-state index is -4.99. The third-order valence-electron chi connectivity index (χ3n) is 3.30. The van der Waals surface area contributed by atoms with Crippen LogP contribution in [0.5, 0.6) is 0 Å². The first-order valence-corrected chi connectivity index (χ1v) is 6.83. The zero-order valence-electron chi connectivity index (χ0n) is 12.5. The fourth-order valence-electron chi connectivity index (χ4n) is 1.98. The molecule has 0 aliphatic rings. The topological polar surface area (TPSA) is 108 Å². The van der Waals surface area contributed by atoms with Gasteiger partial charge in [-0.1, -0.05) is 0 Å². The molecule has 3 N–H and O–H groups in total. The van der Waals surface area contributed by atoms with E-state index in [0.29, 0.717) is 0 Å². The van der Waals surface area contributed by atoms with Crippen molar-refractivity contribution in [3.05, 3.63) is 51.8 Å². The first kappa shape index (κ1) is 17.7. The molecule has 0 spiro atoms. The Morgan fingerprint density at radius 3 is 2.54 bits per heavy atom. The largest absolute Gasteiger partial charge is 0.463 e. The van der Waals surface area contributed by atoms with Crippen molar-refractivity contribution in [2.45, 2.75) is 25.1 Å². The summed E-state index contributed by atoms with van der Waals surface area (Å²) in [5, 5.41) is 17.7. The van der Waals surface area contributed by atoms with Gasteiger partial charge in [-0.3, -0.25) is 9.59 Å². The summed E-state index contributed by atoms with van der Waals surface area (Å²) in [7, 11) is 0. The van der Waals surface area contributed by atoms with Crippen LogP contribution in [0.4, 0.5) is 13.2 Å². The zero-order chi connectivity index (χ0) is 18.0. The first-order chi connectivity index (χ1) is 11.1. The molecular weight excluding hydrogens is 331 g/mol. The summed E-state index contributed by atoms with van der Waals surface area (Å²) in [6.07, 6.45) is -5.84. The molecule has 2 aromatic rings. The predicted molar refractivity (Wildman–Crippen MR) is 75.2 cm³/mol. The summed E-state index contributed by atoms with van der Waals surface area (Å²) in [5.74, 6) is -1.22. The SMILES string of the molecule is Cc1ccc(C(O)(CCNC(=O)c2ccc(=O)[nH]n2)C(F)(F)F)o1. The number of nitrogens with zero attached hydrogens (tertiary/aromatic N) is 1. The van der Waals surface area contributed by atoms with Crippen molar-refractivity contribution >= 4 is 5.91 Å². The monoisotopic (exact) mass is 345 g/mol. The number of nitrogens with one attached hydrogen (secondary N) is 2. The van der Waals surface area contributed by atoms with Crippen LogP contribution in [0.1, 0.15) is 28.4 Å². The molecule has 1 atom stereocenters. The van der Waals surface area contributed by atoms with Gasteiger partial charge in [0.1, 0.15) is 17.2 Å². The number of carbonyl (C=O) groups excluding carboxylic acids is 1. The molecule has 0 radical (unpaired) electrons. The molecule has 0 aliphatic heterocycles. The van der Waals surface area contributed by atoms with Gasteiger partial charge < -0.3 is 14.8 Å². The minimum Gasteiger partial charge on any atom is -0.463 e. The minimum absolute atomic E-state index is 0.168. The number of carbonyl (C=O) groups is 1. The molecule has 0 bridgehead atoms. The number of amides is 1. The van der Waals surface area contributed by atoms with Gasteiger partial charge in [0.25, 0.3) is 11.5 Å². The van der Waals surface area contributed by atoms with Crippen molar-refractivity contribution in [1.82, 2.24) is 15.5 Å². The van der Waals surface area contributed by atoms with E-state index in [2.05, 4.69) is 10.4 Å². The lowest BCUT2D eigenvalue weighted by Gasteiger charge is -2.28. The van der Waals surface area contributed by atoms with Gasteiger partial charge in [-0.25, -0.2) is 5.10 Å². The number of aromatic nitrogens is 2. The van der Waals surface area contributed by atoms with Crippen molar-refractivity contribution < 1.29 is 27.5 Å². The predicted octanol–water partition coefficient (Wildman–Crippen LogP) is 1.24. The van der Waals surface area contributed by atoms with Crippen LogP contribution in [0.25, 0.3) is 0 Å². The number of aryl methyl sites for hydroxylation is 1. The van der Waals surface area contributed by atoms with Crippen LogP contribution in [-0.4, -0.2) is 33.9 Å². The van der Waals surface area contributed by atoms with Crippen LogP contribution in [0, 0.1) is 6.92 Å². The zero-order valence-corrected chi connectivity index (χ0v) is 12.5. The van der Waals surface area contributed by atoms with E-state index in [-0.39, 0.29) is 11.5 Å². The Morgan fingerprint density at radius 1 is 1.33 bits per heavy atom. The maximum atomic E-state index is 13.2. The first-order valence-electron chi connectivity index (χ1n) is 6.83. The van der Waals surface area contributed by atoms with Crippen molar-refractivity contribution in [1.29, 1.82) is 0 Å². The third-order valence-corrected chi connectivity index (χ3v) is 3.30. The number of alkyl halides is 3. The molecule has 7 nitrogen and oxygen atoms in total. The third kappa shape index (κ3) is 3.65. The van der Waals surface area contributed by atoms with Crippen molar-refractivity contribution in [3.63, 3.8) is 0 Å². The fourth-order valence-corrected chi connectivity index (χ4v) is 1.98. The van der Waals surface area contributed by atoms with Crippen LogP contribution in [0.2, 0.25) is 0 Å². The number of hydrogen-bond acceptors (Lipinski definition) is 5. The molecule has 24 heavy (non-hydrogen) atoms. The maximum Gasteiger partial charge on any atom is 0.424 e. The number of halogens is 3. The Morgan fingerprint density at radius 2 is 2.04 bits per heavy atom. The fraction of sp³-hybridized carbons (Fsp3) is 0.357. The summed E-state index contributed by atoms with van der Waals surface area (Å²) < 4.78 is 44.5. The van der Waals surface area contributed by atoms with Gasteiger partial charge in [-0.15, -0.1) is 0 Å². The van der Waals surface area contributed by atoms with Gasteiger partial charge in [0, 0.05) is 19.0 Å². The highest BCUT2D eigenvalue weighted by Crippen LogP contribution is 2.41. The lowest BCUT2D eigenvalue weighted by atomic mass is 9.95. The lowest BCUT2D eigenvalue weighted by Crippen LogP contribution is -2.44. The van der Waals surface area contributed by atoms with Gasteiger partial charge >= 0.3 is 6.18 Å². The Labute approximate surface area is 133 Å². The molecule has 1 amide bonds. The number of H-pyrrole nitrogens is 1. The van der Waals surface area contributed by atoms with E-state index in [1.54, 1.807) is 0 Å². The van der Waals surface area contributed by atoms with Crippen LogP contribution >= 0.6 is 0 Å². The summed E-state index contributed by atoms with van der Waals surface area (Å²) in [6.45, 7) is 0.958. The van der Waals surface area contributed by atoms with Crippen LogP contribution in [0.3, 0.4) is 0 Å². The molecule has 2 heterocycles. The van der Waals surface area contributed by atoms with E-state index in [1.807, 2.05) is 5.10 Å². The Hall–Kier alpha value is -2.62. The average molecular weight is 345 g/mol. The van der Waals surface area contributed by atoms with E-state index >= 15 is 0 Å². The lowest BCUT2D eigenvalue weighted by molar-refractivity contribution is -0.274. The van der Waals surface area contributed by atoms with Crippen LogP contribution < -0.4 is 10.9 Å². The highest BCUT2D eigenvalue weighted by molar-refractivity contribution is 5.91. The molecule has 2 rings (SSSR count). The van der Waals surface area contributed by atoms with Gasteiger partial charge in [0.2, 0.25) is 5.60 Å². The molecule has 0 saturated heterocycles. The number of aromatic amines is 1. The molecule has 0 aliphatic carbocycles. The number of furan rings is 1. The molecule has 10 heteroatoms. The van der Waals surface area contributed by atoms with E-state index in [9.17, 15) is 27.9 Å². The number of hydrogen-bond donors (Lipinski definition) is 3. The highest BCUT2D eigenvalue weighted by Gasteiger charge is 2.56. The molecule has 0 fully saturated rings. The molecule has 130 valence electrons. The second kappa shape index (κ2) is 6.48. The Bertz CT molecular complexity index is 764. The van der Waals surface area contributed by atoms with Crippen molar-refractivity contribution in [2.24, 2.45) is 0 Å². The standard InChI is InChI=1S/C14H14F3N3O4/c1-8-2-4-10(24-8)13(23,14(15,16)17)6-7-18-12(22)9-3-5-11(21)20-19-9/h2-5,23H,6-7H2,1H3,(H,18,22)(H,20,21). The smallest absolute Gasteiger partial charge is 0.424 e. The average Bonchev–Trinajstić information content (AvgIpc) is 2.93. The highest BCUT2D eigenvalue weighted by atomic mass is 19.4. The van der Waals surface area contributed by atoms with Crippen LogP contribution in [0.15, 0.2) is 33.5 Å². The van der Waals surface area contributed by atoms with Gasteiger partial charge in [0.05, 0.1) is 0 Å².